The van der Waals surface area contributed by atoms with Crippen LogP contribution in [0.2, 0.25) is 5.02 Å². The van der Waals surface area contributed by atoms with Gasteiger partial charge in [0, 0.05) is 16.2 Å². The Morgan fingerprint density at radius 3 is 2.68 bits per heavy atom. The topological polar surface area (TPSA) is 21.3 Å². The van der Waals surface area contributed by atoms with Gasteiger partial charge in [0.25, 0.3) is 0 Å². The average Bonchev–Trinajstić information content (AvgIpc) is 2.43. The maximum Gasteiger partial charge on any atom is 0.119 e. The maximum absolute atomic E-state index is 6.08. The molecule has 0 aliphatic carbocycles. The Kier molecular flexibility index (Phi) is 4.72. The van der Waals surface area contributed by atoms with E-state index in [0.717, 1.165) is 15.9 Å². The highest BCUT2D eigenvalue weighted by Crippen LogP contribution is 2.28. The summed E-state index contributed by atoms with van der Waals surface area (Å²) in [5.41, 5.74) is 2.15. The van der Waals surface area contributed by atoms with Gasteiger partial charge in [0.1, 0.15) is 5.75 Å². The van der Waals surface area contributed by atoms with Gasteiger partial charge in [-0.3, -0.25) is 0 Å². The Morgan fingerprint density at radius 2 is 2.00 bits per heavy atom. The molecule has 0 saturated heterocycles. The molecule has 4 heteroatoms. The van der Waals surface area contributed by atoms with Crippen molar-refractivity contribution in [1.29, 1.82) is 0 Å². The predicted octanol–water partition coefficient (Wildman–Crippen LogP) is 5.28. The van der Waals surface area contributed by atoms with Gasteiger partial charge in [0.15, 0.2) is 0 Å². The van der Waals surface area contributed by atoms with Crippen molar-refractivity contribution >= 4 is 33.2 Å². The third-order valence-corrected chi connectivity index (χ3v) is 4.13. The van der Waals surface area contributed by atoms with Crippen molar-refractivity contribution in [3.05, 3.63) is 57.5 Å². The molecule has 0 bridgehead atoms. The molecule has 2 nitrogen and oxygen atoms in total. The highest BCUT2D eigenvalue weighted by Gasteiger charge is 2.07. The van der Waals surface area contributed by atoms with Crippen molar-refractivity contribution < 1.29 is 4.74 Å². The molecule has 2 aromatic carbocycles. The number of methoxy groups -OCH3 is 1. The molecule has 2 rings (SSSR count). The van der Waals surface area contributed by atoms with Gasteiger partial charge in [-0.15, -0.1) is 0 Å². The van der Waals surface area contributed by atoms with Gasteiger partial charge in [-0.1, -0.05) is 23.7 Å². The number of halogens is 2. The molecule has 100 valence electrons. The van der Waals surface area contributed by atoms with E-state index >= 15 is 0 Å². The van der Waals surface area contributed by atoms with Crippen molar-refractivity contribution in [1.82, 2.24) is 0 Å². The van der Waals surface area contributed by atoms with Crippen LogP contribution in [-0.2, 0) is 0 Å². The number of nitrogens with one attached hydrogen (secondary N) is 1. The molecule has 1 atom stereocenters. The van der Waals surface area contributed by atoms with Gasteiger partial charge >= 0.3 is 0 Å². The van der Waals surface area contributed by atoms with E-state index in [-0.39, 0.29) is 6.04 Å². The summed E-state index contributed by atoms with van der Waals surface area (Å²) in [4.78, 5) is 0. The van der Waals surface area contributed by atoms with Gasteiger partial charge in [-0.2, -0.15) is 0 Å². The summed E-state index contributed by atoms with van der Waals surface area (Å²) < 4.78 is 6.13. The summed E-state index contributed by atoms with van der Waals surface area (Å²) in [6.07, 6.45) is 0. The van der Waals surface area contributed by atoms with E-state index in [1.54, 1.807) is 7.11 Å². The van der Waals surface area contributed by atoms with Crippen LogP contribution in [0.5, 0.6) is 5.75 Å². The van der Waals surface area contributed by atoms with E-state index in [1.807, 2.05) is 36.4 Å². The van der Waals surface area contributed by atoms with Gasteiger partial charge in [-0.05, 0) is 58.7 Å². The number of rotatable bonds is 4. The summed E-state index contributed by atoms with van der Waals surface area (Å²) >= 11 is 9.47. The molecule has 0 aliphatic rings. The molecule has 1 unspecified atom stereocenters. The van der Waals surface area contributed by atoms with Crippen molar-refractivity contribution in [2.24, 2.45) is 0 Å². The second-order valence-corrected chi connectivity index (χ2v) is 5.53. The third-order valence-electron chi connectivity index (χ3n) is 2.90. The summed E-state index contributed by atoms with van der Waals surface area (Å²) in [5.74, 6) is 0.861. The van der Waals surface area contributed by atoms with E-state index in [9.17, 15) is 0 Å². The van der Waals surface area contributed by atoms with Gasteiger partial charge < -0.3 is 10.1 Å². The lowest BCUT2D eigenvalue weighted by atomic mass is 10.1. The van der Waals surface area contributed by atoms with E-state index in [0.29, 0.717) is 5.02 Å². The maximum atomic E-state index is 6.08. The van der Waals surface area contributed by atoms with Crippen LogP contribution in [0.3, 0.4) is 0 Å². The van der Waals surface area contributed by atoms with Crippen LogP contribution in [0.25, 0.3) is 0 Å². The van der Waals surface area contributed by atoms with E-state index in [4.69, 9.17) is 16.3 Å². The first-order valence-electron chi connectivity index (χ1n) is 5.95. The molecule has 2 aromatic rings. The van der Waals surface area contributed by atoms with Crippen LogP contribution in [0.15, 0.2) is 46.9 Å². The van der Waals surface area contributed by atoms with Crippen molar-refractivity contribution in [3.8, 4) is 5.75 Å². The first-order valence-corrected chi connectivity index (χ1v) is 7.13. The molecule has 19 heavy (non-hydrogen) atoms. The largest absolute Gasteiger partial charge is 0.497 e. The zero-order valence-electron chi connectivity index (χ0n) is 10.8. The number of hydrogen-bond donors (Lipinski definition) is 1. The van der Waals surface area contributed by atoms with Gasteiger partial charge in [0.2, 0.25) is 0 Å². The van der Waals surface area contributed by atoms with Crippen LogP contribution < -0.4 is 10.1 Å². The zero-order valence-corrected chi connectivity index (χ0v) is 13.1. The minimum Gasteiger partial charge on any atom is -0.497 e. The molecule has 0 spiro atoms. The molecule has 0 aromatic heterocycles. The van der Waals surface area contributed by atoms with Crippen LogP contribution in [0.4, 0.5) is 5.69 Å². The quantitative estimate of drug-likeness (QED) is 0.817. The molecular formula is C15H15BrClNO. The molecule has 0 fully saturated rings. The third kappa shape index (κ3) is 3.64. The molecule has 1 N–H and O–H groups in total. The van der Waals surface area contributed by atoms with Crippen molar-refractivity contribution in [2.45, 2.75) is 13.0 Å². The zero-order chi connectivity index (χ0) is 13.8. The highest BCUT2D eigenvalue weighted by molar-refractivity contribution is 9.10. The predicted molar refractivity (Wildman–Crippen MR) is 84.2 cm³/mol. The minimum atomic E-state index is 0.173. The number of benzene rings is 2. The monoisotopic (exact) mass is 339 g/mol. The fourth-order valence-electron chi connectivity index (χ4n) is 1.83. The number of ether oxygens (including phenoxy) is 1. The average molecular weight is 341 g/mol. The Hall–Kier alpha value is -1.19. The van der Waals surface area contributed by atoms with E-state index in [2.05, 4.69) is 34.2 Å². The van der Waals surface area contributed by atoms with Crippen LogP contribution in [0, 0.1) is 0 Å². The van der Waals surface area contributed by atoms with Crippen LogP contribution in [0.1, 0.15) is 18.5 Å². The number of anilines is 1. The molecular weight excluding hydrogens is 326 g/mol. The Labute approximate surface area is 126 Å². The SMILES string of the molecule is COc1cccc(C(C)Nc2ccc(Br)c(Cl)c2)c1. The fraction of sp³-hybridized carbons (Fsp3) is 0.200. The molecule has 0 aliphatic heterocycles. The van der Waals surface area contributed by atoms with Crippen LogP contribution in [-0.4, -0.2) is 7.11 Å². The van der Waals surface area contributed by atoms with Crippen LogP contribution >= 0.6 is 27.5 Å². The smallest absolute Gasteiger partial charge is 0.119 e. The van der Waals surface area contributed by atoms with Crippen molar-refractivity contribution in [2.75, 3.05) is 12.4 Å². The van der Waals surface area contributed by atoms with Gasteiger partial charge in [-0.25, -0.2) is 0 Å². The highest BCUT2D eigenvalue weighted by atomic mass is 79.9. The summed E-state index contributed by atoms with van der Waals surface area (Å²) in [7, 11) is 1.67. The standard InChI is InChI=1S/C15H15BrClNO/c1-10(11-4-3-5-13(8-11)19-2)18-12-6-7-14(16)15(17)9-12/h3-10,18H,1-2H3. The lowest BCUT2D eigenvalue weighted by Crippen LogP contribution is -2.06. The first-order chi connectivity index (χ1) is 9.10. The molecule has 0 heterocycles. The summed E-state index contributed by atoms with van der Waals surface area (Å²) in [6.45, 7) is 2.10. The second-order valence-electron chi connectivity index (χ2n) is 4.27. The number of hydrogen-bond acceptors (Lipinski definition) is 2. The second kappa shape index (κ2) is 6.31. The van der Waals surface area contributed by atoms with Gasteiger partial charge in [0.05, 0.1) is 12.1 Å². The Balaban J connectivity index is 2.15. The normalized spacial score (nSPS) is 12.0. The first kappa shape index (κ1) is 14.2. The minimum absolute atomic E-state index is 0.173. The Morgan fingerprint density at radius 1 is 1.21 bits per heavy atom. The molecule has 0 radical (unpaired) electrons. The summed E-state index contributed by atoms with van der Waals surface area (Å²) in [6, 6.07) is 14.0. The lowest BCUT2D eigenvalue weighted by molar-refractivity contribution is 0.414. The lowest BCUT2D eigenvalue weighted by Gasteiger charge is -2.17. The Bertz CT molecular complexity index is 574. The summed E-state index contributed by atoms with van der Waals surface area (Å²) in [5, 5.41) is 4.11. The molecule has 0 saturated carbocycles. The van der Waals surface area contributed by atoms with E-state index < -0.39 is 0 Å². The molecule has 0 amide bonds. The van der Waals surface area contributed by atoms with E-state index in [1.165, 1.54) is 5.56 Å². The van der Waals surface area contributed by atoms with Crippen molar-refractivity contribution in [3.63, 3.8) is 0 Å². The fourth-order valence-corrected chi connectivity index (χ4v) is 2.26.